The Kier molecular flexibility index (Phi) is 4.21. The van der Waals surface area contributed by atoms with Crippen molar-refractivity contribution < 1.29 is 9.32 Å². The highest BCUT2D eigenvalue weighted by Crippen LogP contribution is 2.25. The van der Waals surface area contributed by atoms with Gasteiger partial charge < -0.3 is 9.84 Å². The second kappa shape index (κ2) is 6.32. The van der Waals surface area contributed by atoms with Crippen LogP contribution in [0.3, 0.4) is 0 Å². The van der Waals surface area contributed by atoms with Gasteiger partial charge in [-0.2, -0.15) is 0 Å². The Bertz CT molecular complexity index is 828. The monoisotopic (exact) mass is 320 g/mol. The molecule has 0 aliphatic carbocycles. The first kappa shape index (κ1) is 16.0. The SMILES string of the molecule is CC(C)(C)c1cc(NC(=O)c2ccc(-c3ccccc3)cc2)no1. The predicted molar refractivity (Wildman–Crippen MR) is 95.0 cm³/mol. The van der Waals surface area contributed by atoms with Crippen LogP contribution in [0, 0.1) is 0 Å². The van der Waals surface area contributed by atoms with Crippen molar-refractivity contribution >= 4 is 11.7 Å². The first-order valence-electron chi connectivity index (χ1n) is 7.87. The van der Waals surface area contributed by atoms with Crippen LogP contribution in [0.15, 0.2) is 65.2 Å². The summed E-state index contributed by atoms with van der Waals surface area (Å²) < 4.78 is 5.28. The van der Waals surface area contributed by atoms with Gasteiger partial charge >= 0.3 is 0 Å². The molecule has 0 fully saturated rings. The summed E-state index contributed by atoms with van der Waals surface area (Å²) in [5.74, 6) is 0.956. The minimum atomic E-state index is -0.205. The number of amides is 1. The van der Waals surface area contributed by atoms with Crippen molar-refractivity contribution in [1.82, 2.24) is 5.16 Å². The van der Waals surface area contributed by atoms with E-state index in [0.717, 1.165) is 16.9 Å². The molecule has 3 aromatic rings. The van der Waals surface area contributed by atoms with Crippen molar-refractivity contribution in [2.45, 2.75) is 26.2 Å². The molecular formula is C20H20N2O2. The average molecular weight is 320 g/mol. The molecule has 24 heavy (non-hydrogen) atoms. The molecule has 0 aliphatic rings. The number of hydrogen-bond donors (Lipinski definition) is 1. The minimum absolute atomic E-state index is 0.146. The molecule has 1 amide bonds. The smallest absolute Gasteiger partial charge is 0.256 e. The Labute approximate surface area is 141 Å². The van der Waals surface area contributed by atoms with Crippen molar-refractivity contribution in [2.24, 2.45) is 0 Å². The summed E-state index contributed by atoms with van der Waals surface area (Å²) in [4.78, 5) is 12.3. The van der Waals surface area contributed by atoms with E-state index in [4.69, 9.17) is 4.52 Å². The number of nitrogens with zero attached hydrogens (tertiary/aromatic N) is 1. The minimum Gasteiger partial charge on any atom is -0.359 e. The normalized spacial score (nSPS) is 11.3. The Morgan fingerprint density at radius 1 is 0.958 bits per heavy atom. The zero-order chi connectivity index (χ0) is 17.2. The molecule has 0 radical (unpaired) electrons. The van der Waals surface area contributed by atoms with Crippen LogP contribution in [0.5, 0.6) is 0 Å². The van der Waals surface area contributed by atoms with E-state index in [1.54, 1.807) is 6.07 Å². The lowest BCUT2D eigenvalue weighted by molar-refractivity contribution is 0.102. The maximum atomic E-state index is 12.3. The number of rotatable bonds is 3. The van der Waals surface area contributed by atoms with E-state index in [9.17, 15) is 4.79 Å². The molecule has 0 aliphatic heterocycles. The highest BCUT2D eigenvalue weighted by molar-refractivity contribution is 6.04. The van der Waals surface area contributed by atoms with Gasteiger partial charge in [0.25, 0.3) is 5.91 Å². The molecule has 1 aromatic heterocycles. The summed E-state index contributed by atoms with van der Waals surface area (Å²) in [7, 11) is 0. The Hall–Kier alpha value is -2.88. The first-order valence-corrected chi connectivity index (χ1v) is 7.87. The molecule has 2 aromatic carbocycles. The third kappa shape index (κ3) is 3.54. The lowest BCUT2D eigenvalue weighted by Gasteiger charge is -2.12. The summed E-state index contributed by atoms with van der Waals surface area (Å²) >= 11 is 0. The summed E-state index contributed by atoms with van der Waals surface area (Å²) in [6, 6.07) is 19.3. The number of carbonyl (C=O) groups excluding carboxylic acids is 1. The van der Waals surface area contributed by atoms with Gasteiger partial charge in [-0.15, -0.1) is 0 Å². The molecule has 0 saturated carbocycles. The van der Waals surface area contributed by atoms with E-state index in [1.807, 2.05) is 75.4 Å². The van der Waals surface area contributed by atoms with Crippen LogP contribution in [-0.4, -0.2) is 11.1 Å². The van der Waals surface area contributed by atoms with Crippen molar-refractivity contribution in [3.8, 4) is 11.1 Å². The topological polar surface area (TPSA) is 55.1 Å². The molecule has 122 valence electrons. The molecule has 0 bridgehead atoms. The molecule has 4 nitrogen and oxygen atoms in total. The summed E-state index contributed by atoms with van der Waals surface area (Å²) in [5, 5.41) is 6.67. The molecule has 4 heteroatoms. The summed E-state index contributed by atoms with van der Waals surface area (Å²) in [6.45, 7) is 6.09. The zero-order valence-corrected chi connectivity index (χ0v) is 14.0. The summed E-state index contributed by atoms with van der Waals surface area (Å²) in [6.07, 6.45) is 0. The first-order chi connectivity index (χ1) is 11.4. The molecule has 0 unspecified atom stereocenters. The van der Waals surface area contributed by atoms with Crippen LogP contribution in [0.4, 0.5) is 5.82 Å². The average Bonchev–Trinajstić information content (AvgIpc) is 3.05. The van der Waals surface area contributed by atoms with E-state index >= 15 is 0 Å². The number of carbonyl (C=O) groups is 1. The van der Waals surface area contributed by atoms with Crippen molar-refractivity contribution in [2.75, 3.05) is 5.32 Å². The highest BCUT2D eigenvalue weighted by Gasteiger charge is 2.20. The lowest BCUT2D eigenvalue weighted by atomic mass is 9.93. The van der Waals surface area contributed by atoms with Crippen molar-refractivity contribution in [1.29, 1.82) is 0 Å². The van der Waals surface area contributed by atoms with Crippen molar-refractivity contribution in [3.63, 3.8) is 0 Å². The van der Waals surface area contributed by atoms with E-state index in [1.165, 1.54) is 0 Å². The quantitative estimate of drug-likeness (QED) is 0.747. The molecule has 1 heterocycles. The maximum absolute atomic E-state index is 12.3. The number of benzene rings is 2. The number of aromatic nitrogens is 1. The molecule has 0 atom stereocenters. The van der Waals surface area contributed by atoms with Gasteiger partial charge in [-0.3, -0.25) is 4.79 Å². The third-order valence-electron chi connectivity index (χ3n) is 3.75. The number of nitrogens with one attached hydrogen (secondary N) is 1. The zero-order valence-electron chi connectivity index (χ0n) is 14.0. The van der Waals surface area contributed by atoms with Crippen LogP contribution < -0.4 is 5.32 Å². The van der Waals surface area contributed by atoms with Gasteiger partial charge in [0.1, 0.15) is 5.76 Å². The van der Waals surface area contributed by atoms with E-state index in [2.05, 4.69) is 10.5 Å². The van der Waals surface area contributed by atoms with Gasteiger partial charge in [-0.1, -0.05) is 68.4 Å². The van der Waals surface area contributed by atoms with Gasteiger partial charge in [-0.25, -0.2) is 0 Å². The van der Waals surface area contributed by atoms with E-state index in [0.29, 0.717) is 11.4 Å². The lowest BCUT2D eigenvalue weighted by Crippen LogP contribution is -2.12. The van der Waals surface area contributed by atoms with Crippen molar-refractivity contribution in [3.05, 3.63) is 72.0 Å². The maximum Gasteiger partial charge on any atom is 0.256 e. The Morgan fingerprint density at radius 2 is 1.58 bits per heavy atom. The molecule has 3 rings (SSSR count). The van der Waals surface area contributed by atoms with Gasteiger partial charge in [0.15, 0.2) is 5.82 Å². The third-order valence-corrected chi connectivity index (χ3v) is 3.75. The van der Waals surface area contributed by atoms with Crippen LogP contribution in [-0.2, 0) is 5.41 Å². The van der Waals surface area contributed by atoms with Gasteiger partial charge in [0.05, 0.1) is 0 Å². The second-order valence-electron chi connectivity index (χ2n) is 6.72. The summed E-state index contributed by atoms with van der Waals surface area (Å²) in [5.41, 5.74) is 2.63. The molecule has 0 spiro atoms. The van der Waals surface area contributed by atoms with Gasteiger partial charge in [0.2, 0.25) is 0 Å². The van der Waals surface area contributed by atoms with Crippen LogP contribution in [0.25, 0.3) is 11.1 Å². The Morgan fingerprint density at radius 3 is 2.17 bits per heavy atom. The number of hydrogen-bond acceptors (Lipinski definition) is 3. The van der Waals surface area contributed by atoms with Crippen LogP contribution in [0.1, 0.15) is 36.9 Å². The Balaban J connectivity index is 1.73. The predicted octanol–water partition coefficient (Wildman–Crippen LogP) is 4.89. The largest absolute Gasteiger partial charge is 0.359 e. The van der Waals surface area contributed by atoms with Gasteiger partial charge in [0, 0.05) is 17.0 Å². The fraction of sp³-hybridized carbons (Fsp3) is 0.200. The highest BCUT2D eigenvalue weighted by atomic mass is 16.5. The molecule has 0 saturated heterocycles. The molecule has 1 N–H and O–H groups in total. The second-order valence-corrected chi connectivity index (χ2v) is 6.72. The molecular weight excluding hydrogens is 300 g/mol. The van der Waals surface area contributed by atoms with Gasteiger partial charge in [-0.05, 0) is 23.3 Å². The van der Waals surface area contributed by atoms with Crippen LogP contribution >= 0.6 is 0 Å². The van der Waals surface area contributed by atoms with Crippen LogP contribution in [0.2, 0.25) is 0 Å². The number of anilines is 1. The fourth-order valence-corrected chi connectivity index (χ4v) is 2.32. The van der Waals surface area contributed by atoms with E-state index in [-0.39, 0.29) is 11.3 Å². The van der Waals surface area contributed by atoms with E-state index < -0.39 is 0 Å². The fourth-order valence-electron chi connectivity index (χ4n) is 2.32. The standard InChI is InChI=1S/C20H20N2O2/c1-20(2,3)17-13-18(22-24-17)21-19(23)16-11-9-15(10-12-16)14-7-5-4-6-8-14/h4-13H,1-3H3,(H,21,22,23).